The first-order valence-electron chi connectivity index (χ1n) is 9.56. The summed E-state index contributed by atoms with van der Waals surface area (Å²) in [5.41, 5.74) is 1.20. The number of carbonyl (C=O) groups excluding carboxylic acids is 2. The van der Waals surface area contributed by atoms with E-state index >= 15 is 0 Å². The molecule has 0 aromatic carbocycles. The lowest BCUT2D eigenvalue weighted by molar-refractivity contribution is -0.143. The Morgan fingerprint density at radius 1 is 1.24 bits per heavy atom. The van der Waals surface area contributed by atoms with Crippen molar-refractivity contribution in [3.63, 3.8) is 0 Å². The van der Waals surface area contributed by atoms with Gasteiger partial charge in [-0.1, -0.05) is 13.3 Å². The lowest BCUT2D eigenvalue weighted by atomic mass is 9.73. The summed E-state index contributed by atoms with van der Waals surface area (Å²) in [4.78, 5) is 33.0. The Morgan fingerprint density at radius 3 is 2.80 bits per heavy atom. The van der Waals surface area contributed by atoms with Gasteiger partial charge in [0.25, 0.3) is 0 Å². The van der Waals surface area contributed by atoms with Crippen LogP contribution in [-0.4, -0.2) is 46.2 Å². The largest absolute Gasteiger partial charge is 0.342 e. The third kappa shape index (κ3) is 4.39. The van der Waals surface area contributed by atoms with E-state index in [0.717, 1.165) is 57.3 Å². The van der Waals surface area contributed by atoms with Gasteiger partial charge >= 0.3 is 0 Å². The van der Waals surface area contributed by atoms with Crippen LogP contribution in [-0.2, 0) is 16.1 Å². The number of carbonyl (C=O) groups is 2. The monoisotopic (exact) mass is 343 g/mol. The van der Waals surface area contributed by atoms with Gasteiger partial charge in [-0.3, -0.25) is 14.6 Å². The van der Waals surface area contributed by atoms with E-state index in [0.29, 0.717) is 25.3 Å². The summed E-state index contributed by atoms with van der Waals surface area (Å²) in [6.07, 6.45) is 9.90. The number of amides is 2. The molecule has 2 aliphatic heterocycles. The Bertz CT molecular complexity index is 604. The topological polar surface area (TPSA) is 53.5 Å². The van der Waals surface area contributed by atoms with Gasteiger partial charge in [-0.2, -0.15) is 0 Å². The highest BCUT2D eigenvalue weighted by atomic mass is 16.2. The zero-order chi connectivity index (χ0) is 17.7. The Kier molecular flexibility index (Phi) is 5.71. The van der Waals surface area contributed by atoms with Gasteiger partial charge in [0.15, 0.2) is 0 Å². The van der Waals surface area contributed by atoms with Crippen LogP contribution in [0.25, 0.3) is 0 Å². The van der Waals surface area contributed by atoms with Crippen LogP contribution in [0.3, 0.4) is 0 Å². The molecular formula is C20H29N3O2. The van der Waals surface area contributed by atoms with Crippen LogP contribution in [0.4, 0.5) is 0 Å². The number of piperidine rings is 2. The highest BCUT2D eigenvalue weighted by molar-refractivity contribution is 5.78. The highest BCUT2D eigenvalue weighted by Gasteiger charge is 2.42. The Morgan fingerprint density at radius 2 is 2.04 bits per heavy atom. The lowest BCUT2D eigenvalue weighted by Gasteiger charge is -2.48. The zero-order valence-electron chi connectivity index (χ0n) is 15.2. The number of unbranched alkanes of at least 4 members (excludes halogenated alkanes) is 1. The summed E-state index contributed by atoms with van der Waals surface area (Å²) >= 11 is 0. The van der Waals surface area contributed by atoms with Crippen LogP contribution in [0, 0.1) is 5.41 Å². The number of aromatic nitrogens is 1. The van der Waals surface area contributed by atoms with Gasteiger partial charge in [0.1, 0.15) is 0 Å². The van der Waals surface area contributed by atoms with Gasteiger partial charge in [-0.15, -0.1) is 0 Å². The van der Waals surface area contributed by atoms with Crippen LogP contribution in [0.2, 0.25) is 0 Å². The highest BCUT2D eigenvalue weighted by Crippen LogP contribution is 2.39. The van der Waals surface area contributed by atoms with Crippen molar-refractivity contribution in [1.29, 1.82) is 0 Å². The van der Waals surface area contributed by atoms with Crippen LogP contribution in [0.15, 0.2) is 24.5 Å². The molecule has 3 rings (SSSR count). The SMILES string of the molecule is CCCCC(=O)N1CCC[C@@]2(CCC(=O)N(Cc3ccncc3)C2)C1. The molecule has 1 aromatic heterocycles. The Labute approximate surface area is 150 Å². The number of likely N-dealkylation sites (tertiary alicyclic amines) is 2. The van der Waals surface area contributed by atoms with Crippen LogP contribution in [0.1, 0.15) is 57.4 Å². The molecule has 2 fully saturated rings. The van der Waals surface area contributed by atoms with E-state index in [9.17, 15) is 9.59 Å². The van der Waals surface area contributed by atoms with E-state index in [2.05, 4.69) is 16.8 Å². The molecule has 5 nitrogen and oxygen atoms in total. The zero-order valence-corrected chi connectivity index (χ0v) is 15.2. The van der Waals surface area contributed by atoms with Crippen molar-refractivity contribution in [3.8, 4) is 0 Å². The molecular weight excluding hydrogens is 314 g/mol. The molecule has 2 amide bonds. The van der Waals surface area contributed by atoms with Crippen LogP contribution in [0.5, 0.6) is 0 Å². The molecule has 1 spiro atoms. The minimum Gasteiger partial charge on any atom is -0.342 e. The standard InChI is InChI=1S/C20H29N3O2/c1-2-3-5-18(24)22-13-4-9-20(15-22)10-6-19(25)23(16-20)14-17-7-11-21-12-8-17/h7-8,11-12H,2-6,9-10,13-16H2,1H3/t20-/m1/s1. The van der Waals surface area contributed by atoms with Crippen molar-refractivity contribution in [3.05, 3.63) is 30.1 Å². The molecule has 0 radical (unpaired) electrons. The predicted molar refractivity (Wildman–Crippen MR) is 96.7 cm³/mol. The van der Waals surface area contributed by atoms with Gasteiger partial charge < -0.3 is 9.80 Å². The normalized spacial score (nSPS) is 24.0. The van der Waals surface area contributed by atoms with E-state index in [-0.39, 0.29) is 11.3 Å². The van der Waals surface area contributed by atoms with E-state index in [1.807, 2.05) is 17.0 Å². The van der Waals surface area contributed by atoms with E-state index in [4.69, 9.17) is 0 Å². The van der Waals surface area contributed by atoms with Crippen molar-refractivity contribution in [1.82, 2.24) is 14.8 Å². The molecule has 5 heteroatoms. The summed E-state index contributed by atoms with van der Waals surface area (Å²) in [6.45, 7) is 5.23. The van der Waals surface area contributed by atoms with E-state index in [1.165, 1.54) is 0 Å². The molecule has 25 heavy (non-hydrogen) atoms. The first kappa shape index (κ1) is 17.9. The second-order valence-corrected chi connectivity index (χ2v) is 7.63. The van der Waals surface area contributed by atoms with Crippen molar-refractivity contribution in [2.75, 3.05) is 19.6 Å². The average molecular weight is 343 g/mol. The van der Waals surface area contributed by atoms with Crippen molar-refractivity contribution < 1.29 is 9.59 Å². The fourth-order valence-electron chi connectivity index (χ4n) is 4.19. The molecule has 0 aliphatic carbocycles. The summed E-state index contributed by atoms with van der Waals surface area (Å²) < 4.78 is 0. The van der Waals surface area contributed by atoms with Crippen LogP contribution < -0.4 is 0 Å². The van der Waals surface area contributed by atoms with E-state index < -0.39 is 0 Å². The van der Waals surface area contributed by atoms with E-state index in [1.54, 1.807) is 12.4 Å². The average Bonchev–Trinajstić information content (AvgIpc) is 2.64. The molecule has 1 aromatic rings. The molecule has 0 N–H and O–H groups in total. The fourth-order valence-corrected chi connectivity index (χ4v) is 4.19. The van der Waals surface area contributed by atoms with Gasteiger partial charge in [0.2, 0.25) is 11.8 Å². The number of nitrogens with zero attached hydrogens (tertiary/aromatic N) is 3. The molecule has 0 saturated carbocycles. The first-order chi connectivity index (χ1) is 12.1. The number of hydrogen-bond donors (Lipinski definition) is 0. The van der Waals surface area contributed by atoms with Crippen molar-refractivity contribution in [2.24, 2.45) is 5.41 Å². The maximum Gasteiger partial charge on any atom is 0.222 e. The second kappa shape index (κ2) is 7.98. The number of hydrogen-bond acceptors (Lipinski definition) is 3. The summed E-state index contributed by atoms with van der Waals surface area (Å²) in [5.74, 6) is 0.523. The van der Waals surface area contributed by atoms with Crippen molar-refractivity contribution in [2.45, 2.75) is 58.4 Å². The molecule has 2 saturated heterocycles. The van der Waals surface area contributed by atoms with Crippen molar-refractivity contribution >= 4 is 11.8 Å². The van der Waals surface area contributed by atoms with Crippen LogP contribution >= 0.6 is 0 Å². The minimum atomic E-state index is 0.0844. The van der Waals surface area contributed by atoms with Gasteiger partial charge in [0.05, 0.1) is 0 Å². The van der Waals surface area contributed by atoms with Gasteiger partial charge in [0, 0.05) is 56.8 Å². The summed E-state index contributed by atoms with van der Waals surface area (Å²) in [6, 6.07) is 3.94. The maximum absolute atomic E-state index is 12.5. The predicted octanol–water partition coefficient (Wildman–Crippen LogP) is 3.00. The van der Waals surface area contributed by atoms with Gasteiger partial charge in [-0.25, -0.2) is 0 Å². The molecule has 0 unspecified atom stereocenters. The first-order valence-corrected chi connectivity index (χ1v) is 9.56. The maximum atomic E-state index is 12.5. The molecule has 1 atom stereocenters. The number of pyridine rings is 1. The smallest absolute Gasteiger partial charge is 0.222 e. The summed E-state index contributed by atoms with van der Waals surface area (Å²) in [5, 5.41) is 0. The fraction of sp³-hybridized carbons (Fsp3) is 0.650. The molecule has 3 heterocycles. The third-order valence-corrected chi connectivity index (χ3v) is 5.63. The minimum absolute atomic E-state index is 0.0844. The third-order valence-electron chi connectivity index (χ3n) is 5.63. The van der Waals surface area contributed by atoms with Gasteiger partial charge in [-0.05, 0) is 43.4 Å². The second-order valence-electron chi connectivity index (χ2n) is 7.63. The molecule has 0 bridgehead atoms. The molecule has 2 aliphatic rings. The summed E-state index contributed by atoms with van der Waals surface area (Å²) in [7, 11) is 0. The Balaban J connectivity index is 1.66. The Hall–Kier alpha value is -1.91. The lowest BCUT2D eigenvalue weighted by Crippen LogP contribution is -2.54. The number of rotatable bonds is 5. The molecule has 136 valence electrons. The quantitative estimate of drug-likeness (QED) is 0.826.